The van der Waals surface area contributed by atoms with E-state index in [0.717, 1.165) is 32.5 Å². The Kier molecular flexibility index (Phi) is 60.2. The van der Waals surface area contributed by atoms with E-state index in [9.17, 15) is 0 Å². The molecule has 0 amide bonds. The Bertz CT molecular complexity index is 55.0. The molecule has 2 nitrogen and oxygen atoms in total. The quantitative estimate of drug-likeness (QED) is 0.723. The second-order valence-corrected chi connectivity index (χ2v) is 2.55. The van der Waals surface area contributed by atoms with Gasteiger partial charge in [0.25, 0.3) is 0 Å². The summed E-state index contributed by atoms with van der Waals surface area (Å²) in [7, 11) is 3.34. The summed E-state index contributed by atoms with van der Waals surface area (Å²) in [5, 5.41) is 0. The van der Waals surface area contributed by atoms with Crippen LogP contribution in [-0.4, -0.2) is 51.3 Å². The Morgan fingerprint density at radius 2 is 1.13 bits per heavy atom. The molecular weight excluding hydrogens is 295 g/mol. The maximum Gasteiger partial charge on any atom is 0.0462 e. The standard InChI is InChI=1S/2C4H9O.C4H9.Sn.H2/c2*1-3-4-5-2;1-3-4-2;;/h2*1,3-4H2,2H3;1,3-4H2,2H3;;1H. The van der Waals surface area contributed by atoms with E-state index in [0.29, 0.717) is 0 Å². The molecule has 0 atom stereocenters. The van der Waals surface area contributed by atoms with Gasteiger partial charge in [0.2, 0.25) is 0 Å². The molecule has 0 aromatic carbocycles. The van der Waals surface area contributed by atoms with Gasteiger partial charge >= 0.3 is 0 Å². The van der Waals surface area contributed by atoms with E-state index in [4.69, 9.17) is 0 Å². The van der Waals surface area contributed by atoms with Crippen LogP contribution >= 0.6 is 0 Å². The van der Waals surface area contributed by atoms with Gasteiger partial charge in [-0.25, -0.2) is 0 Å². The summed E-state index contributed by atoms with van der Waals surface area (Å²) in [6.07, 6.45) is 4.02. The van der Waals surface area contributed by atoms with Crippen molar-refractivity contribution in [2.45, 2.75) is 32.6 Å². The van der Waals surface area contributed by atoms with Gasteiger partial charge in [0.15, 0.2) is 0 Å². The SMILES string of the molecule is [CH2]CCC.[CH2]CCOC.[CH2]CCOC.[HH].[Sn]. The van der Waals surface area contributed by atoms with Crippen molar-refractivity contribution in [2.75, 3.05) is 27.4 Å². The molecule has 0 saturated heterocycles. The topological polar surface area (TPSA) is 18.5 Å². The van der Waals surface area contributed by atoms with Crippen LogP contribution in [0.5, 0.6) is 0 Å². The number of methoxy groups -OCH3 is 2. The van der Waals surface area contributed by atoms with Crippen molar-refractivity contribution in [2.24, 2.45) is 0 Å². The summed E-state index contributed by atoms with van der Waals surface area (Å²) >= 11 is 0. The molecule has 3 heteroatoms. The van der Waals surface area contributed by atoms with Crippen molar-refractivity contribution in [3.63, 3.8) is 0 Å². The summed E-state index contributed by atoms with van der Waals surface area (Å²) in [4.78, 5) is 0. The largest absolute Gasteiger partial charge is 0.385 e. The molecule has 0 rings (SSSR count). The van der Waals surface area contributed by atoms with Crippen molar-refractivity contribution in [3.8, 4) is 0 Å². The first-order chi connectivity index (χ1) is 6.74. The third-order valence-electron chi connectivity index (χ3n) is 1.05. The Morgan fingerprint density at radius 3 is 1.13 bits per heavy atom. The fraction of sp³-hybridized carbons (Fsp3) is 0.750. The molecule has 7 radical (unpaired) electrons. The van der Waals surface area contributed by atoms with Crippen LogP contribution in [0, 0.1) is 20.8 Å². The predicted octanol–water partition coefficient (Wildman–Crippen LogP) is 3.20. The van der Waals surface area contributed by atoms with Gasteiger partial charge in [0, 0.05) is 52.8 Å². The molecule has 0 aliphatic rings. The van der Waals surface area contributed by atoms with Gasteiger partial charge in [-0.05, 0) is 12.8 Å². The zero-order valence-corrected chi connectivity index (χ0v) is 13.5. The van der Waals surface area contributed by atoms with Gasteiger partial charge in [-0.15, -0.1) is 0 Å². The second-order valence-electron chi connectivity index (χ2n) is 2.55. The van der Waals surface area contributed by atoms with Crippen molar-refractivity contribution in [3.05, 3.63) is 20.8 Å². The van der Waals surface area contributed by atoms with E-state index >= 15 is 0 Å². The molecule has 0 spiro atoms. The monoisotopic (exact) mass is 325 g/mol. The number of hydrogen-bond acceptors (Lipinski definition) is 2. The van der Waals surface area contributed by atoms with Crippen molar-refractivity contribution in [1.29, 1.82) is 0 Å². The van der Waals surface area contributed by atoms with Gasteiger partial charge in [-0.3, -0.25) is 0 Å². The van der Waals surface area contributed by atoms with E-state index in [1.54, 1.807) is 14.2 Å². The van der Waals surface area contributed by atoms with Crippen LogP contribution in [0.3, 0.4) is 0 Å². The molecule has 0 aliphatic heterocycles. The maximum atomic E-state index is 4.63. The summed E-state index contributed by atoms with van der Waals surface area (Å²) in [6.45, 7) is 14.4. The Morgan fingerprint density at radius 1 is 0.867 bits per heavy atom. The average Bonchev–Trinajstić information content (AvgIpc) is 2.22. The molecule has 15 heavy (non-hydrogen) atoms. The first kappa shape index (κ1) is 24.8. The fourth-order valence-corrected chi connectivity index (χ4v) is 0.289. The summed E-state index contributed by atoms with van der Waals surface area (Å²) in [6, 6.07) is 0. The number of unbranched alkanes of at least 4 members (excludes halogenated alkanes) is 1. The number of ether oxygens (including phenoxy) is 2. The number of hydrogen-bond donors (Lipinski definition) is 0. The molecule has 0 heterocycles. The van der Waals surface area contributed by atoms with E-state index in [1.807, 2.05) is 0 Å². The number of rotatable bonds is 5. The predicted molar refractivity (Wildman–Crippen MR) is 71.8 cm³/mol. The van der Waals surface area contributed by atoms with Crippen LogP contribution < -0.4 is 0 Å². The molecular formula is C12H29O2Sn. The van der Waals surface area contributed by atoms with Crippen LogP contribution in [-0.2, 0) is 9.47 Å². The van der Waals surface area contributed by atoms with E-state index < -0.39 is 0 Å². The summed E-state index contributed by atoms with van der Waals surface area (Å²) < 4.78 is 9.26. The van der Waals surface area contributed by atoms with E-state index in [2.05, 4.69) is 37.2 Å². The molecule has 0 aliphatic carbocycles. The normalized spacial score (nSPS) is 7.60. The minimum atomic E-state index is 0. The second kappa shape index (κ2) is 36.4. The van der Waals surface area contributed by atoms with Gasteiger partial charge in [-0.2, -0.15) is 0 Å². The molecule has 93 valence electrons. The fourth-order valence-electron chi connectivity index (χ4n) is 0.289. The Balaban J connectivity index is -0.0000000358. The Hall–Kier alpha value is 0.719. The van der Waals surface area contributed by atoms with Crippen LogP contribution in [0.25, 0.3) is 0 Å². The van der Waals surface area contributed by atoms with Crippen molar-refractivity contribution < 1.29 is 10.9 Å². The third-order valence-corrected chi connectivity index (χ3v) is 1.05. The zero-order chi connectivity index (χ0) is 11.7. The molecule has 0 fully saturated rings. The Labute approximate surface area is 116 Å². The van der Waals surface area contributed by atoms with Crippen LogP contribution in [0.2, 0.25) is 0 Å². The molecule has 0 saturated carbocycles. The van der Waals surface area contributed by atoms with Crippen molar-refractivity contribution in [1.82, 2.24) is 0 Å². The van der Waals surface area contributed by atoms with Gasteiger partial charge < -0.3 is 9.47 Å². The minimum Gasteiger partial charge on any atom is -0.385 e. The van der Waals surface area contributed by atoms with E-state index in [-0.39, 0.29) is 25.3 Å². The van der Waals surface area contributed by atoms with Crippen LogP contribution in [0.15, 0.2) is 0 Å². The maximum absolute atomic E-state index is 4.63. The van der Waals surface area contributed by atoms with E-state index in [1.165, 1.54) is 6.42 Å². The molecule has 0 bridgehead atoms. The van der Waals surface area contributed by atoms with Gasteiger partial charge in [0.1, 0.15) is 0 Å². The first-order valence-corrected chi connectivity index (χ1v) is 5.10. The average molecular weight is 324 g/mol. The summed E-state index contributed by atoms with van der Waals surface area (Å²) in [5.41, 5.74) is 0. The van der Waals surface area contributed by atoms with Gasteiger partial charge in [-0.1, -0.05) is 40.5 Å². The molecule has 0 unspecified atom stereocenters. The van der Waals surface area contributed by atoms with Crippen LogP contribution in [0.4, 0.5) is 0 Å². The molecule has 0 N–H and O–H groups in total. The van der Waals surface area contributed by atoms with Crippen LogP contribution in [0.1, 0.15) is 34.0 Å². The molecule has 0 aromatic rings. The summed E-state index contributed by atoms with van der Waals surface area (Å²) in [5.74, 6) is 0. The zero-order valence-electron chi connectivity index (χ0n) is 10.7. The first-order valence-electron chi connectivity index (χ1n) is 5.10. The molecule has 0 aromatic heterocycles. The van der Waals surface area contributed by atoms with Crippen molar-refractivity contribution >= 4 is 23.9 Å². The smallest absolute Gasteiger partial charge is 0.0462 e. The van der Waals surface area contributed by atoms with Gasteiger partial charge in [0.05, 0.1) is 0 Å². The third kappa shape index (κ3) is 72.8. The minimum absolute atomic E-state index is 0.